The number of carbonyl (C=O) groups excluding carboxylic acids is 2. The van der Waals surface area contributed by atoms with E-state index in [1.54, 1.807) is 36.3 Å². The third kappa shape index (κ3) is 5.25. The van der Waals surface area contributed by atoms with Crippen LogP contribution in [0.3, 0.4) is 0 Å². The van der Waals surface area contributed by atoms with E-state index in [1.807, 2.05) is 0 Å². The molecule has 154 valence electrons. The molecule has 1 aliphatic heterocycles. The highest BCUT2D eigenvalue weighted by atomic mass is 19.1. The summed E-state index contributed by atoms with van der Waals surface area (Å²) >= 11 is 0. The van der Waals surface area contributed by atoms with Crippen LogP contribution in [0.4, 0.5) is 4.39 Å². The lowest BCUT2D eigenvalue weighted by Gasteiger charge is -2.42. The van der Waals surface area contributed by atoms with Gasteiger partial charge in [-0.2, -0.15) is 0 Å². The van der Waals surface area contributed by atoms with Crippen LogP contribution in [0.1, 0.15) is 29.6 Å². The summed E-state index contributed by atoms with van der Waals surface area (Å²) in [6.07, 6.45) is 1.55. The average molecular weight is 400 g/mol. The van der Waals surface area contributed by atoms with Crippen LogP contribution >= 0.6 is 0 Å². The van der Waals surface area contributed by atoms with Gasteiger partial charge >= 0.3 is 0 Å². The largest absolute Gasteiger partial charge is 0.497 e. The standard InChI is InChI=1S/C22H25FN2O4/c1-28-19-5-2-4-16(12-19)21(27)25-11-3-10-22(14-25,13-20(24)26)15-29-18-8-6-17(23)7-9-18/h2,4-9,12H,3,10-11,13-15H2,1H3,(H2,24,26). The number of hydrogen-bond donors (Lipinski definition) is 1. The van der Waals surface area contributed by atoms with Gasteiger partial charge in [-0.1, -0.05) is 6.07 Å². The fourth-order valence-electron chi connectivity index (χ4n) is 3.77. The van der Waals surface area contributed by atoms with Gasteiger partial charge in [0.25, 0.3) is 5.91 Å². The summed E-state index contributed by atoms with van der Waals surface area (Å²) in [7, 11) is 1.55. The molecule has 1 saturated heterocycles. The van der Waals surface area contributed by atoms with Crippen LogP contribution in [0.15, 0.2) is 48.5 Å². The number of nitrogens with zero attached hydrogens (tertiary/aromatic N) is 1. The van der Waals surface area contributed by atoms with Crippen molar-refractivity contribution >= 4 is 11.8 Å². The Morgan fingerprint density at radius 3 is 2.62 bits per heavy atom. The van der Waals surface area contributed by atoms with Gasteiger partial charge in [-0.3, -0.25) is 9.59 Å². The van der Waals surface area contributed by atoms with E-state index in [4.69, 9.17) is 15.2 Å². The highest BCUT2D eigenvalue weighted by Crippen LogP contribution is 2.35. The molecule has 7 heteroatoms. The number of amides is 2. The molecule has 2 amide bonds. The fraction of sp³-hybridized carbons (Fsp3) is 0.364. The normalized spacial score (nSPS) is 18.9. The van der Waals surface area contributed by atoms with Crippen LogP contribution in [-0.4, -0.2) is 43.5 Å². The van der Waals surface area contributed by atoms with Gasteiger partial charge in [-0.25, -0.2) is 4.39 Å². The molecular weight excluding hydrogens is 375 g/mol. The van der Waals surface area contributed by atoms with Crippen LogP contribution in [0.2, 0.25) is 0 Å². The molecule has 1 fully saturated rings. The van der Waals surface area contributed by atoms with Crippen molar-refractivity contribution < 1.29 is 23.5 Å². The van der Waals surface area contributed by atoms with E-state index in [-0.39, 0.29) is 24.8 Å². The van der Waals surface area contributed by atoms with Crippen molar-refractivity contribution in [2.45, 2.75) is 19.3 Å². The zero-order valence-electron chi connectivity index (χ0n) is 16.4. The summed E-state index contributed by atoms with van der Waals surface area (Å²) in [5, 5.41) is 0. The number of nitrogens with two attached hydrogens (primary N) is 1. The average Bonchev–Trinajstić information content (AvgIpc) is 2.72. The summed E-state index contributed by atoms with van der Waals surface area (Å²) < 4.78 is 24.2. The lowest BCUT2D eigenvalue weighted by atomic mass is 9.77. The molecule has 1 aliphatic rings. The van der Waals surface area contributed by atoms with Crippen molar-refractivity contribution in [3.8, 4) is 11.5 Å². The Morgan fingerprint density at radius 2 is 1.93 bits per heavy atom. The zero-order valence-corrected chi connectivity index (χ0v) is 16.4. The number of ether oxygens (including phenoxy) is 2. The SMILES string of the molecule is COc1cccc(C(=O)N2CCCC(COc3ccc(F)cc3)(CC(N)=O)C2)c1. The van der Waals surface area contributed by atoms with Crippen molar-refractivity contribution in [2.75, 3.05) is 26.8 Å². The molecular formula is C22H25FN2O4. The molecule has 1 atom stereocenters. The molecule has 0 bridgehead atoms. The molecule has 2 N–H and O–H groups in total. The first-order valence-corrected chi connectivity index (χ1v) is 9.51. The summed E-state index contributed by atoms with van der Waals surface area (Å²) in [4.78, 5) is 26.5. The molecule has 3 rings (SSSR count). The minimum Gasteiger partial charge on any atom is -0.497 e. The first kappa shape index (κ1) is 20.6. The fourth-order valence-corrected chi connectivity index (χ4v) is 3.77. The second kappa shape index (κ2) is 8.94. The Hall–Kier alpha value is -3.09. The molecule has 1 heterocycles. The monoisotopic (exact) mass is 400 g/mol. The summed E-state index contributed by atoms with van der Waals surface area (Å²) in [6, 6.07) is 12.7. The molecule has 0 radical (unpaired) electrons. The van der Waals surface area contributed by atoms with Gasteiger partial charge in [-0.05, 0) is 55.3 Å². The zero-order chi connectivity index (χ0) is 20.9. The second-order valence-electron chi connectivity index (χ2n) is 7.45. The smallest absolute Gasteiger partial charge is 0.254 e. The Balaban J connectivity index is 1.76. The molecule has 2 aromatic carbocycles. The lowest BCUT2D eigenvalue weighted by Crippen LogP contribution is -2.50. The van der Waals surface area contributed by atoms with Crippen molar-refractivity contribution in [3.63, 3.8) is 0 Å². The van der Waals surface area contributed by atoms with Gasteiger partial charge in [0.15, 0.2) is 0 Å². The predicted molar refractivity (Wildman–Crippen MR) is 106 cm³/mol. The number of hydrogen-bond acceptors (Lipinski definition) is 4. The Kier molecular flexibility index (Phi) is 6.36. The van der Waals surface area contributed by atoms with E-state index >= 15 is 0 Å². The van der Waals surface area contributed by atoms with E-state index in [0.717, 1.165) is 6.42 Å². The van der Waals surface area contributed by atoms with Crippen LogP contribution in [0, 0.1) is 11.2 Å². The topological polar surface area (TPSA) is 81.9 Å². The lowest BCUT2D eigenvalue weighted by molar-refractivity contribution is -0.122. The molecule has 1 unspecified atom stereocenters. The van der Waals surface area contributed by atoms with Crippen molar-refractivity contribution in [1.82, 2.24) is 4.90 Å². The molecule has 0 spiro atoms. The number of rotatable bonds is 7. The maximum atomic E-state index is 13.1. The van der Waals surface area contributed by atoms with Gasteiger partial charge in [0.1, 0.15) is 17.3 Å². The number of methoxy groups -OCH3 is 1. The van der Waals surface area contributed by atoms with Gasteiger partial charge in [0.2, 0.25) is 5.91 Å². The quantitative estimate of drug-likeness (QED) is 0.775. The minimum atomic E-state index is -0.590. The molecule has 0 aromatic heterocycles. The van der Waals surface area contributed by atoms with Crippen molar-refractivity contribution in [3.05, 3.63) is 59.9 Å². The van der Waals surface area contributed by atoms with Crippen LogP contribution in [0.5, 0.6) is 11.5 Å². The van der Waals surface area contributed by atoms with Crippen LogP contribution in [0.25, 0.3) is 0 Å². The Morgan fingerprint density at radius 1 is 1.17 bits per heavy atom. The molecule has 6 nitrogen and oxygen atoms in total. The van der Waals surface area contributed by atoms with E-state index in [2.05, 4.69) is 0 Å². The van der Waals surface area contributed by atoms with Gasteiger partial charge in [-0.15, -0.1) is 0 Å². The molecule has 2 aromatic rings. The van der Waals surface area contributed by atoms with Gasteiger partial charge in [0.05, 0.1) is 13.7 Å². The minimum absolute atomic E-state index is 0.107. The molecule has 0 aliphatic carbocycles. The highest BCUT2D eigenvalue weighted by Gasteiger charge is 2.39. The summed E-state index contributed by atoms with van der Waals surface area (Å²) in [5.41, 5.74) is 5.44. The number of likely N-dealkylation sites (tertiary alicyclic amines) is 1. The number of benzene rings is 2. The first-order chi connectivity index (χ1) is 13.9. The van der Waals surface area contributed by atoms with E-state index < -0.39 is 11.3 Å². The van der Waals surface area contributed by atoms with E-state index in [1.165, 1.54) is 24.3 Å². The van der Waals surface area contributed by atoms with E-state index in [9.17, 15) is 14.0 Å². The second-order valence-corrected chi connectivity index (χ2v) is 7.45. The number of primary amides is 1. The highest BCUT2D eigenvalue weighted by molar-refractivity contribution is 5.94. The summed E-state index contributed by atoms with van der Waals surface area (Å²) in [6.45, 7) is 1.16. The van der Waals surface area contributed by atoms with Crippen molar-refractivity contribution in [2.24, 2.45) is 11.1 Å². The molecule has 0 saturated carbocycles. The molecule has 29 heavy (non-hydrogen) atoms. The Bertz CT molecular complexity index is 871. The van der Waals surface area contributed by atoms with Gasteiger partial charge in [0, 0.05) is 30.5 Å². The third-order valence-electron chi connectivity index (χ3n) is 5.17. The maximum Gasteiger partial charge on any atom is 0.254 e. The predicted octanol–water partition coefficient (Wildman–Crippen LogP) is 3.01. The number of halogens is 1. The first-order valence-electron chi connectivity index (χ1n) is 9.51. The van der Waals surface area contributed by atoms with Gasteiger partial charge < -0.3 is 20.1 Å². The van der Waals surface area contributed by atoms with Crippen molar-refractivity contribution in [1.29, 1.82) is 0 Å². The summed E-state index contributed by atoms with van der Waals surface area (Å²) in [5.74, 6) is 0.196. The van der Waals surface area contributed by atoms with E-state index in [0.29, 0.717) is 36.6 Å². The maximum absolute atomic E-state index is 13.1. The van der Waals surface area contributed by atoms with Crippen LogP contribution in [-0.2, 0) is 4.79 Å². The van der Waals surface area contributed by atoms with Crippen LogP contribution < -0.4 is 15.2 Å². The number of piperidine rings is 1. The number of carbonyl (C=O) groups is 2. The Labute approximate surface area is 169 Å². The third-order valence-corrected chi connectivity index (χ3v) is 5.17.